The Morgan fingerprint density at radius 2 is 2.24 bits per heavy atom. The summed E-state index contributed by atoms with van der Waals surface area (Å²) in [7, 11) is 0. The molecule has 2 rings (SSSR count). The van der Waals surface area contributed by atoms with E-state index >= 15 is 0 Å². The van der Waals surface area contributed by atoms with Gasteiger partial charge in [-0.1, -0.05) is 11.8 Å². The van der Waals surface area contributed by atoms with E-state index in [1.165, 1.54) is 0 Å². The maximum absolute atomic E-state index is 12.1. The molecule has 0 radical (unpaired) electrons. The molecule has 2 aromatic rings. The van der Waals surface area contributed by atoms with E-state index in [9.17, 15) is 4.79 Å². The first-order valence-corrected chi connectivity index (χ1v) is 6.60. The molecule has 21 heavy (non-hydrogen) atoms. The second-order valence-electron chi connectivity index (χ2n) is 4.69. The second kappa shape index (κ2) is 6.68. The number of rotatable bonds is 3. The molecule has 6 heteroatoms. The summed E-state index contributed by atoms with van der Waals surface area (Å²) in [5.74, 6) is 5.31. The van der Waals surface area contributed by atoms with E-state index in [0.29, 0.717) is 17.9 Å². The van der Waals surface area contributed by atoms with Crippen LogP contribution in [0.4, 0.5) is 5.69 Å². The van der Waals surface area contributed by atoms with E-state index in [0.717, 1.165) is 5.56 Å². The maximum atomic E-state index is 12.1. The Balaban J connectivity index is 2.05. The zero-order valence-electron chi connectivity index (χ0n) is 12.0. The molecule has 6 nitrogen and oxygen atoms in total. The fraction of sp³-hybridized carbons (Fsp3) is 0.267. The van der Waals surface area contributed by atoms with Crippen LogP contribution in [0.25, 0.3) is 0 Å². The van der Waals surface area contributed by atoms with Crippen molar-refractivity contribution in [2.75, 3.05) is 11.9 Å². The van der Waals surface area contributed by atoms with Gasteiger partial charge < -0.3 is 11.1 Å². The molecule has 108 valence electrons. The fourth-order valence-corrected chi connectivity index (χ4v) is 1.64. The monoisotopic (exact) mass is 283 g/mol. The van der Waals surface area contributed by atoms with Crippen molar-refractivity contribution in [3.63, 3.8) is 0 Å². The predicted octanol–water partition coefficient (Wildman–Crippen LogP) is 1.42. The Bertz CT molecular complexity index is 676. The van der Waals surface area contributed by atoms with Crippen molar-refractivity contribution in [3.8, 4) is 11.8 Å². The number of aromatic nitrogens is 3. The Hall–Kier alpha value is -2.65. The number of carbonyl (C=O) groups is 1. The normalized spacial score (nSPS) is 10.1. The van der Waals surface area contributed by atoms with Gasteiger partial charge in [-0.3, -0.25) is 9.48 Å². The minimum absolute atomic E-state index is 0.245. The summed E-state index contributed by atoms with van der Waals surface area (Å²) in [6.07, 6.45) is 4.94. The third kappa shape index (κ3) is 3.91. The first-order chi connectivity index (χ1) is 10.1. The number of hydrogen-bond acceptors (Lipinski definition) is 4. The van der Waals surface area contributed by atoms with Gasteiger partial charge in [0.25, 0.3) is 5.91 Å². The summed E-state index contributed by atoms with van der Waals surface area (Å²) in [5, 5.41) is 6.92. The Morgan fingerprint density at radius 3 is 2.81 bits per heavy atom. The first-order valence-electron chi connectivity index (χ1n) is 6.60. The Morgan fingerprint density at radius 1 is 1.43 bits per heavy atom. The van der Waals surface area contributed by atoms with Gasteiger partial charge in [0.05, 0.1) is 18.4 Å². The van der Waals surface area contributed by atoms with Crippen LogP contribution in [0, 0.1) is 11.8 Å². The van der Waals surface area contributed by atoms with Crippen LogP contribution < -0.4 is 11.1 Å². The molecule has 0 aliphatic rings. The van der Waals surface area contributed by atoms with E-state index in [4.69, 9.17) is 5.73 Å². The molecule has 3 N–H and O–H groups in total. The zero-order chi connectivity index (χ0) is 15.2. The summed E-state index contributed by atoms with van der Waals surface area (Å²) in [6, 6.07) is 3.61. The third-order valence-corrected chi connectivity index (χ3v) is 2.72. The van der Waals surface area contributed by atoms with Gasteiger partial charge in [0.2, 0.25) is 0 Å². The van der Waals surface area contributed by atoms with Crippen LogP contribution in [0.1, 0.15) is 35.9 Å². The van der Waals surface area contributed by atoms with Crippen molar-refractivity contribution in [2.45, 2.75) is 19.9 Å². The average molecular weight is 283 g/mol. The molecular formula is C15H17N5O. The lowest BCUT2D eigenvalue weighted by Crippen LogP contribution is -2.13. The van der Waals surface area contributed by atoms with Crippen LogP contribution in [0.15, 0.2) is 30.7 Å². The molecular weight excluding hydrogens is 266 g/mol. The number of nitrogens with zero attached hydrogens (tertiary/aromatic N) is 3. The SMILES string of the molecule is CC(C)n1cc(NC(=O)c2ccc(C#CCN)cn2)cn1. The topological polar surface area (TPSA) is 85.8 Å². The van der Waals surface area contributed by atoms with Gasteiger partial charge >= 0.3 is 0 Å². The van der Waals surface area contributed by atoms with Crippen molar-refractivity contribution < 1.29 is 4.79 Å². The maximum Gasteiger partial charge on any atom is 0.274 e. The number of nitrogens with one attached hydrogen (secondary N) is 1. The summed E-state index contributed by atoms with van der Waals surface area (Å²) < 4.78 is 1.77. The summed E-state index contributed by atoms with van der Waals surface area (Å²) >= 11 is 0. The molecule has 0 saturated carbocycles. The lowest BCUT2D eigenvalue weighted by atomic mass is 10.2. The van der Waals surface area contributed by atoms with E-state index < -0.39 is 0 Å². The van der Waals surface area contributed by atoms with Gasteiger partial charge in [0, 0.05) is 24.0 Å². The van der Waals surface area contributed by atoms with E-state index in [2.05, 4.69) is 27.2 Å². The van der Waals surface area contributed by atoms with Crippen molar-refractivity contribution in [1.29, 1.82) is 0 Å². The van der Waals surface area contributed by atoms with Crippen LogP contribution in [0.3, 0.4) is 0 Å². The number of hydrogen-bond donors (Lipinski definition) is 2. The highest BCUT2D eigenvalue weighted by Gasteiger charge is 2.09. The summed E-state index contributed by atoms with van der Waals surface area (Å²) in [5.41, 5.74) is 6.99. The minimum atomic E-state index is -0.281. The molecule has 0 unspecified atom stereocenters. The van der Waals surface area contributed by atoms with Gasteiger partial charge in [0.15, 0.2) is 0 Å². The van der Waals surface area contributed by atoms with Gasteiger partial charge in [0.1, 0.15) is 5.69 Å². The highest BCUT2D eigenvalue weighted by atomic mass is 16.1. The van der Waals surface area contributed by atoms with Crippen molar-refractivity contribution >= 4 is 11.6 Å². The molecule has 0 saturated heterocycles. The molecule has 2 aromatic heterocycles. The van der Waals surface area contributed by atoms with Crippen LogP contribution in [-0.4, -0.2) is 27.2 Å². The highest BCUT2D eigenvalue weighted by Crippen LogP contribution is 2.11. The number of pyridine rings is 1. The number of carbonyl (C=O) groups excluding carboxylic acids is 1. The molecule has 0 bridgehead atoms. The van der Waals surface area contributed by atoms with Gasteiger partial charge in [-0.25, -0.2) is 4.98 Å². The largest absolute Gasteiger partial charge is 0.320 e. The van der Waals surface area contributed by atoms with Gasteiger partial charge in [-0.2, -0.15) is 5.10 Å². The van der Waals surface area contributed by atoms with Crippen LogP contribution in [-0.2, 0) is 0 Å². The molecule has 2 heterocycles. The summed E-state index contributed by atoms with van der Waals surface area (Å²) in [6.45, 7) is 4.32. The molecule has 0 aliphatic carbocycles. The van der Waals surface area contributed by atoms with Crippen molar-refractivity contribution in [3.05, 3.63) is 42.0 Å². The van der Waals surface area contributed by atoms with Gasteiger partial charge in [-0.15, -0.1) is 0 Å². The molecule has 0 aromatic carbocycles. The highest BCUT2D eigenvalue weighted by molar-refractivity contribution is 6.02. The van der Waals surface area contributed by atoms with Gasteiger partial charge in [-0.05, 0) is 26.0 Å². The lowest BCUT2D eigenvalue weighted by molar-refractivity contribution is 0.102. The number of anilines is 1. The predicted molar refractivity (Wildman–Crippen MR) is 80.7 cm³/mol. The average Bonchev–Trinajstić information content (AvgIpc) is 2.94. The number of amides is 1. The first kappa shape index (κ1) is 14.8. The third-order valence-electron chi connectivity index (χ3n) is 2.72. The Kier molecular flexibility index (Phi) is 4.69. The molecule has 0 spiro atoms. The van der Waals surface area contributed by atoms with Crippen LogP contribution >= 0.6 is 0 Å². The quantitative estimate of drug-likeness (QED) is 0.834. The van der Waals surface area contributed by atoms with Crippen molar-refractivity contribution in [2.24, 2.45) is 5.73 Å². The van der Waals surface area contributed by atoms with Crippen LogP contribution in [0.2, 0.25) is 0 Å². The molecule has 0 atom stereocenters. The standard InChI is InChI=1S/C15H17N5O/c1-11(2)20-10-13(9-18-20)19-15(21)14-6-5-12(8-17-14)4-3-7-16/h5-6,8-11H,7,16H2,1-2H3,(H,19,21). The molecule has 0 fully saturated rings. The van der Waals surface area contributed by atoms with Crippen molar-refractivity contribution in [1.82, 2.24) is 14.8 Å². The van der Waals surface area contributed by atoms with Crippen LogP contribution in [0.5, 0.6) is 0 Å². The molecule has 0 aliphatic heterocycles. The molecule has 1 amide bonds. The zero-order valence-corrected chi connectivity index (χ0v) is 12.0. The lowest BCUT2D eigenvalue weighted by Gasteiger charge is -2.04. The summed E-state index contributed by atoms with van der Waals surface area (Å²) in [4.78, 5) is 16.1. The number of nitrogens with two attached hydrogens (primary N) is 1. The van der Waals surface area contributed by atoms with E-state index in [1.54, 1.807) is 35.4 Å². The fourth-order valence-electron chi connectivity index (χ4n) is 1.64. The Labute approximate surface area is 123 Å². The van der Waals surface area contributed by atoms with E-state index in [1.807, 2.05) is 13.8 Å². The second-order valence-corrected chi connectivity index (χ2v) is 4.69. The van der Waals surface area contributed by atoms with E-state index in [-0.39, 0.29) is 11.9 Å². The minimum Gasteiger partial charge on any atom is -0.320 e. The smallest absolute Gasteiger partial charge is 0.274 e.